The van der Waals surface area contributed by atoms with E-state index in [4.69, 9.17) is 14.5 Å². The van der Waals surface area contributed by atoms with Crippen molar-refractivity contribution in [2.45, 2.75) is 11.4 Å². The number of halogens is 1. The molecule has 3 aromatic carbocycles. The van der Waals surface area contributed by atoms with Gasteiger partial charge in [0.1, 0.15) is 28.4 Å². The van der Waals surface area contributed by atoms with Gasteiger partial charge in [0, 0.05) is 28.9 Å². The summed E-state index contributed by atoms with van der Waals surface area (Å²) >= 11 is 1.30. The minimum absolute atomic E-state index is 0.110. The molecule has 0 saturated heterocycles. The zero-order valence-electron chi connectivity index (χ0n) is 20.3. The van der Waals surface area contributed by atoms with Crippen LogP contribution in [0.1, 0.15) is 12.0 Å². The standard InChI is InChI=1S/C29H24FN3O3S/c1-35-20-12-13-27(36-2)22(16-20)21-17-26(19-8-4-3-5-9-19)33-29(23(21)18-31)37-15-14-28(34)32-25-11-7-6-10-24(25)30/h3-13,16-17H,14-15H2,1-2H3,(H,32,34). The van der Waals surface area contributed by atoms with E-state index in [9.17, 15) is 14.4 Å². The second kappa shape index (κ2) is 12.1. The van der Waals surface area contributed by atoms with E-state index >= 15 is 0 Å². The van der Waals surface area contributed by atoms with Crippen LogP contribution < -0.4 is 14.8 Å². The summed E-state index contributed by atoms with van der Waals surface area (Å²) in [7, 11) is 3.15. The summed E-state index contributed by atoms with van der Waals surface area (Å²) in [5.41, 5.74) is 3.40. The van der Waals surface area contributed by atoms with Crippen LogP contribution in [-0.4, -0.2) is 30.9 Å². The fourth-order valence-electron chi connectivity index (χ4n) is 3.74. The van der Waals surface area contributed by atoms with Crippen molar-refractivity contribution < 1.29 is 18.7 Å². The van der Waals surface area contributed by atoms with E-state index < -0.39 is 5.82 Å². The Morgan fingerprint density at radius 1 is 1.00 bits per heavy atom. The summed E-state index contributed by atoms with van der Waals surface area (Å²) in [5, 5.41) is 13.2. The number of carbonyl (C=O) groups is 1. The van der Waals surface area contributed by atoms with Gasteiger partial charge in [0.15, 0.2) is 0 Å². The average molecular weight is 514 g/mol. The number of rotatable bonds is 9. The van der Waals surface area contributed by atoms with Crippen molar-refractivity contribution in [3.63, 3.8) is 0 Å². The van der Waals surface area contributed by atoms with Gasteiger partial charge in [0.2, 0.25) is 5.91 Å². The highest BCUT2D eigenvalue weighted by molar-refractivity contribution is 7.99. The van der Waals surface area contributed by atoms with Gasteiger partial charge in [-0.2, -0.15) is 5.26 Å². The number of nitrogens with one attached hydrogen (secondary N) is 1. The molecule has 0 aliphatic heterocycles. The van der Waals surface area contributed by atoms with Crippen LogP contribution in [0.4, 0.5) is 10.1 Å². The maximum atomic E-state index is 13.9. The maximum absolute atomic E-state index is 13.9. The zero-order chi connectivity index (χ0) is 26.2. The first-order valence-corrected chi connectivity index (χ1v) is 12.4. The van der Waals surface area contributed by atoms with Crippen molar-refractivity contribution >= 4 is 23.4 Å². The Kier molecular flexibility index (Phi) is 8.39. The molecule has 0 saturated carbocycles. The summed E-state index contributed by atoms with van der Waals surface area (Å²) in [6.45, 7) is 0. The van der Waals surface area contributed by atoms with Crippen molar-refractivity contribution in [3.8, 4) is 40.0 Å². The van der Waals surface area contributed by atoms with Crippen LogP contribution in [0.15, 0.2) is 83.9 Å². The molecule has 186 valence electrons. The van der Waals surface area contributed by atoms with Gasteiger partial charge in [-0.05, 0) is 36.4 Å². The van der Waals surface area contributed by atoms with Gasteiger partial charge in [-0.3, -0.25) is 4.79 Å². The molecule has 1 N–H and O–H groups in total. The number of nitrogens with zero attached hydrogens (tertiary/aromatic N) is 2. The lowest BCUT2D eigenvalue weighted by Gasteiger charge is -2.15. The van der Waals surface area contributed by atoms with Crippen molar-refractivity contribution in [1.82, 2.24) is 4.98 Å². The molecule has 6 nitrogen and oxygen atoms in total. The summed E-state index contributed by atoms with van der Waals surface area (Å²) in [5.74, 6) is 0.725. The summed E-state index contributed by atoms with van der Waals surface area (Å²) in [6, 6.07) is 25.2. The number of para-hydroxylation sites is 1. The Bertz CT molecular complexity index is 1450. The summed E-state index contributed by atoms with van der Waals surface area (Å²) < 4.78 is 24.9. The zero-order valence-corrected chi connectivity index (χ0v) is 21.1. The van der Waals surface area contributed by atoms with Gasteiger partial charge >= 0.3 is 0 Å². The molecule has 37 heavy (non-hydrogen) atoms. The molecule has 0 fully saturated rings. The lowest BCUT2D eigenvalue weighted by atomic mass is 9.98. The molecule has 0 atom stereocenters. The normalized spacial score (nSPS) is 10.4. The van der Waals surface area contributed by atoms with Gasteiger partial charge in [-0.1, -0.05) is 42.5 Å². The number of thioether (sulfide) groups is 1. The molecule has 8 heteroatoms. The third kappa shape index (κ3) is 6.08. The molecule has 0 aliphatic carbocycles. The molecule has 0 radical (unpaired) electrons. The van der Waals surface area contributed by atoms with Crippen LogP contribution in [-0.2, 0) is 4.79 Å². The number of nitriles is 1. The molecule has 0 unspecified atom stereocenters. The number of aromatic nitrogens is 1. The molecular weight excluding hydrogens is 489 g/mol. The van der Waals surface area contributed by atoms with Crippen LogP contribution in [0.5, 0.6) is 11.5 Å². The van der Waals surface area contributed by atoms with Gasteiger partial charge in [0.25, 0.3) is 0 Å². The number of ether oxygens (including phenoxy) is 2. The molecule has 4 rings (SSSR count). The number of hydrogen-bond donors (Lipinski definition) is 1. The Labute approximate surface area is 219 Å². The van der Waals surface area contributed by atoms with Gasteiger partial charge in [-0.15, -0.1) is 11.8 Å². The topological polar surface area (TPSA) is 84.2 Å². The van der Waals surface area contributed by atoms with Crippen LogP contribution in [0.3, 0.4) is 0 Å². The number of methoxy groups -OCH3 is 2. The van der Waals surface area contributed by atoms with E-state index in [1.165, 1.54) is 23.9 Å². The first-order chi connectivity index (χ1) is 18.0. The van der Waals surface area contributed by atoms with Crippen LogP contribution in [0, 0.1) is 17.1 Å². The van der Waals surface area contributed by atoms with E-state index in [1.807, 2.05) is 42.5 Å². The summed E-state index contributed by atoms with van der Waals surface area (Å²) in [6.07, 6.45) is 0.110. The minimum atomic E-state index is -0.496. The molecule has 0 bridgehead atoms. The SMILES string of the molecule is COc1ccc(OC)c(-c2cc(-c3ccccc3)nc(SCCC(=O)Nc3ccccc3F)c2C#N)c1. The highest BCUT2D eigenvalue weighted by Gasteiger charge is 2.19. The van der Waals surface area contributed by atoms with Crippen molar-refractivity contribution in [2.24, 2.45) is 0 Å². The quantitative estimate of drug-likeness (QED) is 0.255. The van der Waals surface area contributed by atoms with E-state index in [1.54, 1.807) is 38.5 Å². The second-order valence-corrected chi connectivity index (χ2v) is 8.99. The molecule has 1 amide bonds. The first-order valence-electron chi connectivity index (χ1n) is 11.4. The van der Waals surface area contributed by atoms with Crippen LogP contribution in [0.2, 0.25) is 0 Å². The molecule has 0 aliphatic rings. The number of pyridine rings is 1. The highest BCUT2D eigenvalue weighted by atomic mass is 32.2. The Morgan fingerprint density at radius 3 is 2.46 bits per heavy atom. The first kappa shape index (κ1) is 25.7. The lowest BCUT2D eigenvalue weighted by Crippen LogP contribution is -2.13. The predicted octanol–water partition coefficient (Wildman–Crippen LogP) is 6.56. The van der Waals surface area contributed by atoms with Crippen molar-refractivity contribution in [2.75, 3.05) is 25.3 Å². The Morgan fingerprint density at radius 2 is 1.76 bits per heavy atom. The number of amides is 1. The Balaban J connectivity index is 1.69. The largest absolute Gasteiger partial charge is 0.497 e. The van der Waals surface area contributed by atoms with E-state index in [-0.39, 0.29) is 18.0 Å². The van der Waals surface area contributed by atoms with Gasteiger partial charge < -0.3 is 14.8 Å². The van der Waals surface area contributed by atoms with Gasteiger partial charge in [0.05, 0.1) is 31.2 Å². The summed E-state index contributed by atoms with van der Waals surface area (Å²) in [4.78, 5) is 17.2. The third-order valence-corrected chi connectivity index (χ3v) is 6.56. The molecule has 1 aromatic heterocycles. The van der Waals surface area contributed by atoms with Crippen molar-refractivity contribution in [3.05, 3.63) is 90.2 Å². The lowest BCUT2D eigenvalue weighted by molar-refractivity contribution is -0.115. The number of carbonyl (C=O) groups excluding carboxylic acids is 1. The number of hydrogen-bond acceptors (Lipinski definition) is 6. The predicted molar refractivity (Wildman–Crippen MR) is 143 cm³/mol. The minimum Gasteiger partial charge on any atom is -0.497 e. The molecule has 1 heterocycles. The molecule has 4 aromatic rings. The average Bonchev–Trinajstić information content (AvgIpc) is 2.94. The smallest absolute Gasteiger partial charge is 0.225 e. The van der Waals surface area contributed by atoms with Crippen LogP contribution >= 0.6 is 11.8 Å². The molecule has 0 spiro atoms. The fourth-order valence-corrected chi connectivity index (χ4v) is 4.69. The van der Waals surface area contributed by atoms with E-state index in [0.717, 1.165) is 5.56 Å². The fraction of sp³-hybridized carbons (Fsp3) is 0.138. The Hall–Kier alpha value is -4.35. The monoisotopic (exact) mass is 513 g/mol. The maximum Gasteiger partial charge on any atom is 0.225 e. The van der Waals surface area contributed by atoms with E-state index in [0.29, 0.717) is 44.7 Å². The van der Waals surface area contributed by atoms with E-state index in [2.05, 4.69) is 11.4 Å². The number of benzene rings is 3. The second-order valence-electron chi connectivity index (χ2n) is 7.91. The van der Waals surface area contributed by atoms with Crippen molar-refractivity contribution in [1.29, 1.82) is 5.26 Å². The van der Waals surface area contributed by atoms with Crippen LogP contribution in [0.25, 0.3) is 22.4 Å². The number of anilines is 1. The molecular formula is C29H24FN3O3S. The third-order valence-electron chi connectivity index (χ3n) is 5.58. The van der Waals surface area contributed by atoms with Gasteiger partial charge in [-0.25, -0.2) is 9.37 Å². The highest BCUT2D eigenvalue weighted by Crippen LogP contribution is 2.40.